The summed E-state index contributed by atoms with van der Waals surface area (Å²) < 4.78 is 7.51. The van der Waals surface area contributed by atoms with Gasteiger partial charge < -0.3 is 9.30 Å². The van der Waals surface area contributed by atoms with E-state index in [-0.39, 0.29) is 12.4 Å². The minimum absolute atomic E-state index is 0.00752. The molecular weight excluding hydrogens is 238 g/mol. The van der Waals surface area contributed by atoms with E-state index in [2.05, 4.69) is 19.1 Å². The summed E-state index contributed by atoms with van der Waals surface area (Å²) in [5.74, 6) is 0.806. The van der Waals surface area contributed by atoms with Gasteiger partial charge in [-0.25, -0.2) is 0 Å². The van der Waals surface area contributed by atoms with Gasteiger partial charge in [0.2, 0.25) is 5.78 Å². The zero-order valence-electron chi connectivity index (χ0n) is 11.9. The Morgan fingerprint density at radius 3 is 2.37 bits per heavy atom. The zero-order chi connectivity index (χ0) is 14.0. The summed E-state index contributed by atoms with van der Waals surface area (Å²) in [6.07, 6.45) is 1.86. The lowest BCUT2D eigenvalue weighted by Crippen LogP contribution is -2.15. The van der Waals surface area contributed by atoms with Crippen LogP contribution >= 0.6 is 0 Å². The molecule has 0 unspecified atom stereocenters. The fraction of sp³-hybridized carbons (Fsp3) is 0.312. The van der Waals surface area contributed by atoms with Crippen LogP contribution in [0.5, 0.6) is 5.75 Å². The van der Waals surface area contributed by atoms with Crippen molar-refractivity contribution in [3.63, 3.8) is 0 Å². The SMILES string of the molecule is Cc1cc(C)c(OCC(=O)c2cccn2C)c(C)c1. The maximum absolute atomic E-state index is 12.0. The molecule has 0 bridgehead atoms. The van der Waals surface area contributed by atoms with E-state index in [1.54, 1.807) is 10.6 Å². The van der Waals surface area contributed by atoms with Crippen molar-refractivity contribution in [3.8, 4) is 5.75 Å². The third kappa shape index (κ3) is 2.87. The largest absolute Gasteiger partial charge is 0.485 e. The van der Waals surface area contributed by atoms with Gasteiger partial charge in [0.1, 0.15) is 5.75 Å². The molecule has 0 radical (unpaired) electrons. The Balaban J connectivity index is 2.12. The number of hydrogen-bond donors (Lipinski definition) is 0. The van der Waals surface area contributed by atoms with Crippen LogP contribution in [0.25, 0.3) is 0 Å². The molecule has 100 valence electrons. The van der Waals surface area contributed by atoms with Gasteiger partial charge in [0.15, 0.2) is 6.61 Å². The van der Waals surface area contributed by atoms with E-state index in [0.717, 1.165) is 16.9 Å². The molecular formula is C16H19NO2. The molecule has 1 heterocycles. The third-order valence-corrected chi connectivity index (χ3v) is 3.18. The minimum Gasteiger partial charge on any atom is -0.485 e. The van der Waals surface area contributed by atoms with Crippen LogP contribution in [0.15, 0.2) is 30.5 Å². The molecule has 1 aromatic heterocycles. The highest BCUT2D eigenvalue weighted by atomic mass is 16.5. The fourth-order valence-electron chi connectivity index (χ4n) is 2.36. The van der Waals surface area contributed by atoms with Crippen LogP contribution in [0.1, 0.15) is 27.2 Å². The first-order valence-electron chi connectivity index (χ1n) is 6.34. The summed E-state index contributed by atoms with van der Waals surface area (Å²) >= 11 is 0. The molecule has 2 rings (SSSR count). The van der Waals surface area contributed by atoms with Gasteiger partial charge in [-0.05, 0) is 44.0 Å². The van der Waals surface area contributed by atoms with Crippen molar-refractivity contribution in [2.45, 2.75) is 20.8 Å². The summed E-state index contributed by atoms with van der Waals surface area (Å²) in [4.78, 5) is 12.0. The summed E-state index contributed by atoms with van der Waals surface area (Å²) in [6.45, 7) is 6.13. The van der Waals surface area contributed by atoms with Crippen molar-refractivity contribution in [3.05, 3.63) is 52.8 Å². The highest BCUT2D eigenvalue weighted by Gasteiger charge is 2.12. The first kappa shape index (κ1) is 13.4. The highest BCUT2D eigenvalue weighted by molar-refractivity contribution is 5.95. The Bertz CT molecular complexity index is 588. The number of carbonyl (C=O) groups is 1. The Morgan fingerprint density at radius 1 is 1.21 bits per heavy atom. The number of benzene rings is 1. The molecule has 0 amide bonds. The van der Waals surface area contributed by atoms with Gasteiger partial charge in [-0.15, -0.1) is 0 Å². The van der Waals surface area contributed by atoms with E-state index in [0.29, 0.717) is 5.69 Å². The molecule has 0 atom stereocenters. The van der Waals surface area contributed by atoms with Crippen LogP contribution in [0, 0.1) is 20.8 Å². The van der Waals surface area contributed by atoms with E-state index in [1.807, 2.05) is 33.2 Å². The zero-order valence-corrected chi connectivity index (χ0v) is 11.9. The van der Waals surface area contributed by atoms with E-state index >= 15 is 0 Å². The average Bonchev–Trinajstić information content (AvgIpc) is 2.73. The summed E-state index contributed by atoms with van der Waals surface area (Å²) in [5.41, 5.74) is 4.01. The van der Waals surface area contributed by atoms with Crippen molar-refractivity contribution >= 4 is 5.78 Å². The lowest BCUT2D eigenvalue weighted by Gasteiger charge is -2.12. The molecule has 0 aliphatic rings. The molecule has 0 saturated heterocycles. The fourth-order valence-corrected chi connectivity index (χ4v) is 2.36. The van der Waals surface area contributed by atoms with Gasteiger partial charge in [0, 0.05) is 13.2 Å². The second-order valence-corrected chi connectivity index (χ2v) is 4.94. The number of Topliss-reactive ketones (excluding diaryl/α,β-unsaturated/α-hetero) is 1. The number of aromatic nitrogens is 1. The van der Waals surface area contributed by atoms with Gasteiger partial charge in [-0.2, -0.15) is 0 Å². The number of aryl methyl sites for hydroxylation is 4. The number of nitrogens with zero attached hydrogens (tertiary/aromatic N) is 1. The summed E-state index contributed by atoms with van der Waals surface area (Å²) in [6, 6.07) is 7.79. The molecule has 19 heavy (non-hydrogen) atoms. The highest BCUT2D eigenvalue weighted by Crippen LogP contribution is 2.24. The first-order valence-corrected chi connectivity index (χ1v) is 6.34. The van der Waals surface area contributed by atoms with Crippen LogP contribution in [0.4, 0.5) is 0 Å². The average molecular weight is 257 g/mol. The molecule has 2 aromatic rings. The molecule has 0 N–H and O–H groups in total. The van der Waals surface area contributed by atoms with Crippen LogP contribution < -0.4 is 4.74 Å². The lowest BCUT2D eigenvalue weighted by atomic mass is 10.1. The maximum Gasteiger partial charge on any atom is 0.216 e. The number of hydrogen-bond acceptors (Lipinski definition) is 2. The Labute approximate surface area is 113 Å². The summed E-state index contributed by atoms with van der Waals surface area (Å²) in [7, 11) is 1.86. The molecule has 0 spiro atoms. The molecule has 0 fully saturated rings. The third-order valence-electron chi connectivity index (χ3n) is 3.18. The maximum atomic E-state index is 12.0. The number of ether oxygens (including phenoxy) is 1. The van der Waals surface area contributed by atoms with Gasteiger partial charge in [0.25, 0.3) is 0 Å². The predicted molar refractivity (Wildman–Crippen MR) is 75.9 cm³/mol. The van der Waals surface area contributed by atoms with Gasteiger partial charge in [0.05, 0.1) is 5.69 Å². The van der Waals surface area contributed by atoms with E-state index < -0.39 is 0 Å². The summed E-state index contributed by atoms with van der Waals surface area (Å²) in [5, 5.41) is 0. The minimum atomic E-state index is -0.00752. The Hall–Kier alpha value is -2.03. The van der Waals surface area contributed by atoms with Crippen molar-refractivity contribution < 1.29 is 9.53 Å². The van der Waals surface area contributed by atoms with Crippen LogP contribution in [0.2, 0.25) is 0 Å². The molecule has 0 saturated carbocycles. The normalized spacial score (nSPS) is 10.5. The molecule has 0 aliphatic carbocycles. The topological polar surface area (TPSA) is 31.2 Å². The molecule has 3 nitrogen and oxygen atoms in total. The van der Waals surface area contributed by atoms with Gasteiger partial charge in [-0.1, -0.05) is 17.7 Å². The van der Waals surface area contributed by atoms with E-state index in [4.69, 9.17) is 4.74 Å². The standard InChI is InChI=1S/C16H19NO2/c1-11-8-12(2)16(13(3)9-11)19-10-15(18)14-6-5-7-17(14)4/h5-9H,10H2,1-4H3. The quantitative estimate of drug-likeness (QED) is 0.787. The van der Waals surface area contributed by atoms with Crippen molar-refractivity contribution in [2.75, 3.05) is 6.61 Å². The smallest absolute Gasteiger partial charge is 0.216 e. The van der Waals surface area contributed by atoms with Gasteiger partial charge in [-0.3, -0.25) is 4.79 Å². The number of ketones is 1. The van der Waals surface area contributed by atoms with E-state index in [1.165, 1.54) is 5.56 Å². The predicted octanol–water partition coefficient (Wildman–Crippen LogP) is 3.21. The second kappa shape index (κ2) is 5.31. The van der Waals surface area contributed by atoms with Crippen LogP contribution in [-0.4, -0.2) is 17.0 Å². The van der Waals surface area contributed by atoms with Crippen LogP contribution in [-0.2, 0) is 7.05 Å². The Kier molecular flexibility index (Phi) is 3.74. The van der Waals surface area contributed by atoms with Gasteiger partial charge >= 0.3 is 0 Å². The molecule has 1 aromatic carbocycles. The second-order valence-electron chi connectivity index (χ2n) is 4.94. The number of carbonyl (C=O) groups excluding carboxylic acids is 1. The van der Waals surface area contributed by atoms with Crippen molar-refractivity contribution in [2.24, 2.45) is 7.05 Å². The van der Waals surface area contributed by atoms with Crippen molar-refractivity contribution in [1.29, 1.82) is 0 Å². The van der Waals surface area contributed by atoms with Crippen LogP contribution in [0.3, 0.4) is 0 Å². The first-order chi connectivity index (χ1) is 8.99. The van der Waals surface area contributed by atoms with E-state index in [9.17, 15) is 4.79 Å². The van der Waals surface area contributed by atoms with Crippen molar-refractivity contribution in [1.82, 2.24) is 4.57 Å². The lowest BCUT2D eigenvalue weighted by molar-refractivity contribution is 0.0912. The Morgan fingerprint density at radius 2 is 1.84 bits per heavy atom. The molecule has 0 aliphatic heterocycles. The molecule has 3 heteroatoms. The number of rotatable bonds is 4. The monoisotopic (exact) mass is 257 g/mol.